The van der Waals surface area contributed by atoms with Gasteiger partial charge in [0.15, 0.2) is 0 Å². The molecule has 0 heterocycles. The third-order valence-electron chi connectivity index (χ3n) is 6.37. The Balaban J connectivity index is 1.94. The number of rotatable bonds is 14. The highest BCUT2D eigenvalue weighted by molar-refractivity contribution is 6.01. The quantitative estimate of drug-likeness (QED) is 0.141. The van der Waals surface area contributed by atoms with Crippen LogP contribution in [-0.4, -0.2) is 37.1 Å². The monoisotopic (exact) mass is 536 g/mol. The molecular weight excluding hydrogens is 500 g/mol. The van der Waals surface area contributed by atoms with Crippen LogP contribution in [0.15, 0.2) is 48.6 Å². The molecule has 0 unspecified atom stereocenters. The van der Waals surface area contributed by atoms with E-state index in [1.165, 1.54) is 0 Å². The summed E-state index contributed by atoms with van der Waals surface area (Å²) >= 11 is 0. The van der Waals surface area contributed by atoms with E-state index in [1.807, 2.05) is 27.7 Å². The largest absolute Gasteiger partial charge is 0.457 e. The van der Waals surface area contributed by atoms with Gasteiger partial charge in [0, 0.05) is 24.0 Å². The number of carbonyl (C=O) groups excluding carboxylic acids is 4. The minimum atomic E-state index is -0.535. The van der Waals surface area contributed by atoms with E-state index in [1.54, 1.807) is 38.1 Å². The van der Waals surface area contributed by atoms with Crippen LogP contribution in [0.2, 0.25) is 0 Å². The highest BCUT2D eigenvalue weighted by atomic mass is 16.7. The van der Waals surface area contributed by atoms with Crippen molar-refractivity contribution in [2.24, 2.45) is 0 Å². The maximum atomic E-state index is 12.7. The Hall–Kier alpha value is -4.20. The molecule has 0 aliphatic carbocycles. The molecule has 0 fully saturated rings. The van der Waals surface area contributed by atoms with Gasteiger partial charge in [-0.05, 0) is 87.1 Å². The van der Waals surface area contributed by atoms with Crippen LogP contribution in [-0.2, 0) is 41.5 Å². The third kappa shape index (κ3) is 8.95. The van der Waals surface area contributed by atoms with Crippen LogP contribution in [0.25, 0.3) is 0 Å². The average molecular weight is 537 g/mol. The van der Waals surface area contributed by atoms with Crippen LogP contribution in [0.3, 0.4) is 0 Å². The van der Waals surface area contributed by atoms with E-state index in [0.29, 0.717) is 11.5 Å². The van der Waals surface area contributed by atoms with Crippen molar-refractivity contribution in [1.82, 2.24) is 0 Å². The van der Waals surface area contributed by atoms with Gasteiger partial charge >= 0.3 is 11.9 Å². The van der Waals surface area contributed by atoms with E-state index in [-0.39, 0.29) is 55.6 Å². The molecule has 208 valence electrons. The lowest BCUT2D eigenvalue weighted by molar-refractivity contribution is -0.146. The van der Waals surface area contributed by atoms with Gasteiger partial charge in [-0.2, -0.15) is 0 Å². The lowest BCUT2D eigenvalue weighted by Crippen LogP contribution is -2.15. The van der Waals surface area contributed by atoms with E-state index >= 15 is 0 Å². The molecule has 8 heteroatoms. The summed E-state index contributed by atoms with van der Waals surface area (Å²) in [5.74, 6) is -0.344. The number of ketones is 2. The highest BCUT2D eigenvalue weighted by Crippen LogP contribution is 2.27. The van der Waals surface area contributed by atoms with E-state index in [9.17, 15) is 19.2 Å². The van der Waals surface area contributed by atoms with Gasteiger partial charge in [-0.15, -0.1) is 0 Å². The molecule has 0 spiro atoms. The van der Waals surface area contributed by atoms with Crippen molar-refractivity contribution in [3.63, 3.8) is 0 Å². The highest BCUT2D eigenvalue weighted by Gasteiger charge is 2.17. The molecule has 2 aromatic rings. The van der Waals surface area contributed by atoms with Crippen LogP contribution in [0.4, 0.5) is 0 Å². The summed E-state index contributed by atoms with van der Waals surface area (Å²) in [4.78, 5) is 48.4. The first kappa shape index (κ1) is 31.0. The van der Waals surface area contributed by atoms with Crippen LogP contribution in [0.1, 0.15) is 53.6 Å². The van der Waals surface area contributed by atoms with Crippen molar-refractivity contribution in [2.45, 2.75) is 60.8 Å². The number of ether oxygens (including phenoxy) is 4. The standard InChI is InChI=1S/C31H36O8/c1-18(2)30(34)38-16-36-28-11-9-24(20(5)22(28)7)13-26(32)15-27(33)14-25-10-12-29(23(8)21(25)6)37-17-39-31(35)19(3)4/h9-12H,1,3,13-17H2,2,4-8H3. The molecule has 8 nitrogen and oxygen atoms in total. The van der Waals surface area contributed by atoms with Gasteiger partial charge in [0.25, 0.3) is 0 Å². The maximum absolute atomic E-state index is 12.7. The molecule has 0 bridgehead atoms. The Morgan fingerprint density at radius 3 is 1.31 bits per heavy atom. The minimum absolute atomic E-state index is 0.122. The van der Waals surface area contributed by atoms with Crippen molar-refractivity contribution >= 4 is 23.5 Å². The average Bonchev–Trinajstić information content (AvgIpc) is 2.87. The summed E-state index contributed by atoms with van der Waals surface area (Å²) in [6.45, 7) is 17.1. The van der Waals surface area contributed by atoms with Crippen molar-refractivity contribution in [3.8, 4) is 11.5 Å². The SMILES string of the molecule is C=C(C)C(=O)OCOc1ccc(CC(=O)CC(=O)Cc2ccc(OCOC(=O)C(=C)C)c(C)c2C)c(C)c1C. The second-order valence-electron chi connectivity index (χ2n) is 9.50. The Bertz CT molecular complexity index is 1200. The van der Waals surface area contributed by atoms with Gasteiger partial charge in [-0.25, -0.2) is 9.59 Å². The molecule has 0 amide bonds. The zero-order valence-electron chi connectivity index (χ0n) is 23.5. The minimum Gasteiger partial charge on any atom is -0.457 e. The first-order valence-corrected chi connectivity index (χ1v) is 12.4. The number of hydrogen-bond donors (Lipinski definition) is 0. The van der Waals surface area contributed by atoms with E-state index in [0.717, 1.165) is 33.4 Å². The Kier molecular flexibility index (Phi) is 11.2. The summed E-state index contributed by atoms with van der Waals surface area (Å²) in [5.41, 5.74) is 5.55. The Labute approximate surface area is 229 Å². The summed E-state index contributed by atoms with van der Waals surface area (Å²) in [6.07, 6.45) is 0.0647. The second-order valence-corrected chi connectivity index (χ2v) is 9.50. The lowest BCUT2D eigenvalue weighted by Gasteiger charge is -2.15. The van der Waals surface area contributed by atoms with Crippen molar-refractivity contribution in [1.29, 1.82) is 0 Å². The third-order valence-corrected chi connectivity index (χ3v) is 6.37. The van der Waals surface area contributed by atoms with Gasteiger partial charge < -0.3 is 18.9 Å². The fourth-order valence-electron chi connectivity index (χ4n) is 3.71. The Morgan fingerprint density at radius 1 is 0.615 bits per heavy atom. The van der Waals surface area contributed by atoms with Crippen LogP contribution in [0.5, 0.6) is 11.5 Å². The number of Topliss-reactive ketones (excluding diaryl/α,β-unsaturated/α-hetero) is 2. The van der Waals surface area contributed by atoms with Crippen LogP contribution < -0.4 is 9.47 Å². The second kappa shape index (κ2) is 14.1. The van der Waals surface area contributed by atoms with Crippen LogP contribution in [0, 0.1) is 27.7 Å². The topological polar surface area (TPSA) is 105 Å². The van der Waals surface area contributed by atoms with Gasteiger partial charge in [-0.3, -0.25) is 9.59 Å². The summed E-state index contributed by atoms with van der Waals surface area (Å²) in [6, 6.07) is 6.99. The smallest absolute Gasteiger partial charge is 0.335 e. The maximum Gasteiger partial charge on any atom is 0.335 e. The first-order chi connectivity index (χ1) is 18.3. The number of hydrogen-bond acceptors (Lipinski definition) is 8. The van der Waals surface area contributed by atoms with E-state index in [2.05, 4.69) is 13.2 Å². The molecule has 2 rings (SSSR count). The first-order valence-electron chi connectivity index (χ1n) is 12.4. The molecule has 0 N–H and O–H groups in total. The molecule has 0 aliphatic rings. The predicted molar refractivity (Wildman–Crippen MR) is 147 cm³/mol. The molecule has 0 saturated carbocycles. The normalized spacial score (nSPS) is 10.4. The number of benzene rings is 2. The fraction of sp³-hybridized carbons (Fsp3) is 0.355. The Morgan fingerprint density at radius 2 is 0.974 bits per heavy atom. The van der Waals surface area contributed by atoms with Crippen molar-refractivity contribution in [3.05, 3.63) is 82.0 Å². The van der Waals surface area contributed by atoms with E-state index < -0.39 is 11.9 Å². The van der Waals surface area contributed by atoms with Gasteiger partial charge in [0.05, 0.1) is 6.42 Å². The van der Waals surface area contributed by atoms with Gasteiger partial charge in [0.2, 0.25) is 13.6 Å². The lowest BCUT2D eigenvalue weighted by atomic mass is 9.94. The van der Waals surface area contributed by atoms with Gasteiger partial charge in [-0.1, -0.05) is 25.3 Å². The van der Waals surface area contributed by atoms with Crippen molar-refractivity contribution in [2.75, 3.05) is 13.6 Å². The predicted octanol–water partition coefficient (Wildman–Crippen LogP) is 5.14. The summed E-state index contributed by atoms with van der Waals surface area (Å²) in [5, 5.41) is 0. The zero-order valence-corrected chi connectivity index (χ0v) is 23.5. The van der Waals surface area contributed by atoms with Crippen LogP contribution >= 0.6 is 0 Å². The number of esters is 2. The summed E-state index contributed by atoms with van der Waals surface area (Å²) < 4.78 is 21.0. The molecule has 0 radical (unpaired) electrons. The number of carbonyl (C=O) groups is 4. The van der Waals surface area contributed by atoms with E-state index in [4.69, 9.17) is 18.9 Å². The molecule has 0 atom stereocenters. The molecular formula is C31H36O8. The molecule has 2 aromatic carbocycles. The fourth-order valence-corrected chi connectivity index (χ4v) is 3.71. The molecule has 0 aliphatic heterocycles. The molecule has 0 aromatic heterocycles. The van der Waals surface area contributed by atoms with Crippen molar-refractivity contribution < 1.29 is 38.1 Å². The molecule has 0 saturated heterocycles. The zero-order chi connectivity index (χ0) is 29.3. The summed E-state index contributed by atoms with van der Waals surface area (Å²) in [7, 11) is 0. The molecule has 39 heavy (non-hydrogen) atoms. The van der Waals surface area contributed by atoms with Gasteiger partial charge in [0.1, 0.15) is 23.1 Å².